The molecule has 0 unspecified atom stereocenters. The van der Waals surface area contributed by atoms with Crippen molar-refractivity contribution in [2.45, 2.75) is 0 Å². The third kappa shape index (κ3) is 2.26. The number of nitrogens with one attached hydrogen (secondary N) is 1. The van der Waals surface area contributed by atoms with Crippen LogP contribution in [0.15, 0.2) is 34.9 Å². The molecule has 2 heterocycles. The minimum atomic E-state index is 0.180. The van der Waals surface area contributed by atoms with Crippen molar-refractivity contribution in [3.63, 3.8) is 0 Å². The van der Waals surface area contributed by atoms with Gasteiger partial charge in [-0.2, -0.15) is 0 Å². The predicted molar refractivity (Wildman–Crippen MR) is 78.4 cm³/mol. The maximum Gasteiger partial charge on any atom is 0.245 e. The molecule has 0 aliphatic carbocycles. The third-order valence-electron chi connectivity index (χ3n) is 2.71. The molecule has 0 bridgehead atoms. The van der Waals surface area contributed by atoms with Crippen molar-refractivity contribution in [1.29, 1.82) is 0 Å². The average Bonchev–Trinajstić information content (AvgIpc) is 3.01. The number of oxazole rings is 1. The molecular weight excluding hydrogens is 323 g/mol. The number of H-pyrrole nitrogens is 1. The summed E-state index contributed by atoms with van der Waals surface area (Å²) in [5.74, 6) is 1.00. The molecule has 0 fully saturated rings. The van der Waals surface area contributed by atoms with Gasteiger partial charge in [-0.15, -0.1) is 0 Å². The van der Waals surface area contributed by atoms with Crippen molar-refractivity contribution >= 4 is 34.8 Å². The van der Waals surface area contributed by atoms with Gasteiger partial charge in [0.2, 0.25) is 5.89 Å². The summed E-state index contributed by atoms with van der Waals surface area (Å²) in [7, 11) is 0. The second-order valence-electron chi connectivity index (χ2n) is 4.02. The number of nitrogens with zero attached hydrogens (tertiary/aromatic N) is 1. The van der Waals surface area contributed by atoms with Crippen molar-refractivity contribution in [2.24, 2.45) is 0 Å². The van der Waals surface area contributed by atoms with Crippen LogP contribution in [0.4, 0.5) is 0 Å². The number of aromatic nitrogens is 2. The van der Waals surface area contributed by atoms with Gasteiger partial charge in [0, 0.05) is 5.56 Å². The Morgan fingerprint density at radius 3 is 2.35 bits per heavy atom. The molecule has 2 aromatic heterocycles. The Balaban J connectivity index is 2.01. The van der Waals surface area contributed by atoms with Gasteiger partial charge in [0.25, 0.3) is 0 Å². The largest absolute Gasteiger partial charge is 0.508 e. The number of aromatic amines is 1. The first kappa shape index (κ1) is 13.4. The molecule has 4 nitrogen and oxygen atoms in total. The number of benzene rings is 1. The predicted octanol–water partition coefficient (Wildman–Crippen LogP) is 5.00. The molecule has 0 atom stereocenters. The summed E-state index contributed by atoms with van der Waals surface area (Å²) in [6.07, 6.45) is 1.56. The van der Waals surface area contributed by atoms with Gasteiger partial charge in [0.1, 0.15) is 16.6 Å². The van der Waals surface area contributed by atoms with E-state index in [9.17, 15) is 5.11 Å². The maximum absolute atomic E-state index is 9.26. The first-order valence-corrected chi connectivity index (χ1v) is 6.67. The number of hydrogen-bond donors (Lipinski definition) is 2. The van der Waals surface area contributed by atoms with Crippen LogP contribution in [-0.2, 0) is 0 Å². The summed E-state index contributed by atoms with van der Waals surface area (Å²) in [6, 6.07) is 6.56. The number of phenols is 1. The molecule has 7 heteroatoms. The van der Waals surface area contributed by atoms with E-state index in [0.29, 0.717) is 11.5 Å². The lowest BCUT2D eigenvalue weighted by Gasteiger charge is -1.96. The fraction of sp³-hybridized carbons (Fsp3) is 0. The molecule has 102 valence electrons. The van der Waals surface area contributed by atoms with Crippen LogP contribution in [0.25, 0.3) is 22.9 Å². The van der Waals surface area contributed by atoms with Crippen molar-refractivity contribution in [1.82, 2.24) is 9.97 Å². The van der Waals surface area contributed by atoms with Crippen LogP contribution in [0.2, 0.25) is 15.2 Å². The second-order valence-corrected chi connectivity index (χ2v) is 5.15. The van der Waals surface area contributed by atoms with Crippen molar-refractivity contribution < 1.29 is 9.52 Å². The van der Waals surface area contributed by atoms with Crippen LogP contribution < -0.4 is 0 Å². The lowest BCUT2D eigenvalue weighted by molar-refractivity contribution is 0.475. The van der Waals surface area contributed by atoms with E-state index in [1.54, 1.807) is 30.5 Å². The Labute approximate surface area is 128 Å². The quantitative estimate of drug-likeness (QED) is 0.695. The zero-order chi connectivity index (χ0) is 14.3. The molecule has 3 rings (SSSR count). The maximum atomic E-state index is 9.26. The minimum absolute atomic E-state index is 0.180. The summed E-state index contributed by atoms with van der Waals surface area (Å²) < 4.78 is 5.62. The fourth-order valence-corrected chi connectivity index (χ4v) is 2.32. The molecule has 0 saturated heterocycles. The summed E-state index contributed by atoms with van der Waals surface area (Å²) in [6.45, 7) is 0. The van der Waals surface area contributed by atoms with Crippen LogP contribution in [0.1, 0.15) is 0 Å². The summed E-state index contributed by atoms with van der Waals surface area (Å²) in [4.78, 5) is 6.95. The molecule has 0 amide bonds. The smallest absolute Gasteiger partial charge is 0.245 e. The van der Waals surface area contributed by atoms with Crippen LogP contribution in [0, 0.1) is 0 Å². The molecule has 20 heavy (non-hydrogen) atoms. The van der Waals surface area contributed by atoms with Crippen molar-refractivity contribution in [3.05, 3.63) is 45.7 Å². The molecule has 0 radical (unpaired) electrons. The van der Waals surface area contributed by atoms with E-state index in [1.807, 2.05) is 0 Å². The van der Waals surface area contributed by atoms with Gasteiger partial charge in [-0.25, -0.2) is 4.98 Å². The Morgan fingerprint density at radius 2 is 1.75 bits per heavy atom. The average molecular weight is 330 g/mol. The Kier molecular flexibility index (Phi) is 3.38. The number of aromatic hydroxyl groups is 1. The topological polar surface area (TPSA) is 62.1 Å². The number of hydrogen-bond acceptors (Lipinski definition) is 3. The van der Waals surface area contributed by atoms with E-state index in [1.165, 1.54) is 0 Å². The van der Waals surface area contributed by atoms with Crippen molar-refractivity contribution in [3.8, 4) is 28.7 Å². The van der Waals surface area contributed by atoms with Gasteiger partial charge in [-0.3, -0.25) is 0 Å². The fourth-order valence-electron chi connectivity index (χ4n) is 1.72. The number of rotatable bonds is 2. The molecule has 2 N–H and O–H groups in total. The van der Waals surface area contributed by atoms with Crippen LogP contribution in [0.3, 0.4) is 0 Å². The highest BCUT2D eigenvalue weighted by atomic mass is 35.5. The standard InChI is InChI=1S/C13H7Cl3N2O2/c14-9-10(15)12(16)18-11(9)13-17-5-8(20-13)6-1-3-7(19)4-2-6/h1-5,18-19H. The van der Waals surface area contributed by atoms with E-state index in [0.717, 1.165) is 5.56 Å². The molecule has 0 spiro atoms. The van der Waals surface area contributed by atoms with Crippen LogP contribution in [0.5, 0.6) is 5.75 Å². The highest BCUT2D eigenvalue weighted by Crippen LogP contribution is 2.38. The van der Waals surface area contributed by atoms with Gasteiger partial charge >= 0.3 is 0 Å². The summed E-state index contributed by atoms with van der Waals surface area (Å²) in [5, 5.41) is 9.98. The molecule has 3 aromatic rings. The van der Waals surface area contributed by atoms with E-state index >= 15 is 0 Å². The first-order valence-electron chi connectivity index (χ1n) is 5.54. The molecule has 0 aliphatic heterocycles. The Hall–Kier alpha value is -1.62. The second kappa shape index (κ2) is 5.05. The van der Waals surface area contributed by atoms with E-state index in [2.05, 4.69) is 9.97 Å². The highest BCUT2D eigenvalue weighted by Gasteiger charge is 2.18. The molecule has 0 aliphatic rings. The summed E-state index contributed by atoms with van der Waals surface area (Å²) >= 11 is 17.8. The number of phenolic OH excluding ortho intramolecular Hbond substituents is 1. The Bertz CT molecular complexity index is 763. The van der Waals surface area contributed by atoms with Gasteiger partial charge in [-0.1, -0.05) is 34.8 Å². The van der Waals surface area contributed by atoms with Gasteiger partial charge in [0.15, 0.2) is 5.76 Å². The van der Waals surface area contributed by atoms with Crippen LogP contribution in [-0.4, -0.2) is 15.1 Å². The first-order chi connectivity index (χ1) is 9.56. The van der Waals surface area contributed by atoms with Gasteiger partial charge in [-0.05, 0) is 24.3 Å². The molecular formula is C13H7Cl3N2O2. The summed E-state index contributed by atoms with van der Waals surface area (Å²) in [5.41, 5.74) is 1.20. The normalized spacial score (nSPS) is 10.9. The zero-order valence-electron chi connectivity index (χ0n) is 9.82. The third-order valence-corrected chi connectivity index (χ3v) is 3.94. The number of halogens is 3. The zero-order valence-corrected chi connectivity index (χ0v) is 12.1. The lowest BCUT2D eigenvalue weighted by Crippen LogP contribution is -1.76. The van der Waals surface area contributed by atoms with Gasteiger partial charge in [0.05, 0.1) is 16.2 Å². The van der Waals surface area contributed by atoms with E-state index < -0.39 is 0 Å². The molecule has 1 aromatic carbocycles. The minimum Gasteiger partial charge on any atom is -0.508 e. The Morgan fingerprint density at radius 1 is 1.05 bits per heavy atom. The van der Waals surface area contributed by atoms with E-state index in [4.69, 9.17) is 39.2 Å². The highest BCUT2D eigenvalue weighted by molar-refractivity contribution is 6.49. The molecule has 0 saturated carbocycles. The van der Waals surface area contributed by atoms with Crippen molar-refractivity contribution in [2.75, 3.05) is 0 Å². The monoisotopic (exact) mass is 328 g/mol. The van der Waals surface area contributed by atoms with Gasteiger partial charge < -0.3 is 14.5 Å². The van der Waals surface area contributed by atoms with E-state index in [-0.39, 0.29) is 26.8 Å². The van der Waals surface area contributed by atoms with Crippen LogP contribution >= 0.6 is 34.8 Å². The lowest BCUT2D eigenvalue weighted by atomic mass is 10.2. The SMILES string of the molecule is Oc1ccc(-c2cnc(-c3[nH]c(Cl)c(Cl)c3Cl)o2)cc1.